The van der Waals surface area contributed by atoms with Gasteiger partial charge in [0.2, 0.25) is 0 Å². The molecule has 0 spiro atoms. The average Bonchev–Trinajstić information content (AvgIpc) is 2.72. The van der Waals surface area contributed by atoms with Crippen molar-refractivity contribution in [1.82, 2.24) is 19.6 Å². The van der Waals surface area contributed by atoms with Crippen molar-refractivity contribution in [3.63, 3.8) is 0 Å². The van der Waals surface area contributed by atoms with E-state index in [1.54, 1.807) is 0 Å². The summed E-state index contributed by atoms with van der Waals surface area (Å²) in [6.07, 6.45) is 2.08. The Balaban J connectivity index is 2.62. The quantitative estimate of drug-likeness (QED) is 0.817. The molecule has 0 aliphatic carbocycles. The van der Waals surface area contributed by atoms with Gasteiger partial charge in [0.1, 0.15) is 0 Å². The average molecular weight is 232 g/mol. The van der Waals surface area contributed by atoms with E-state index < -0.39 is 0 Å². The lowest BCUT2D eigenvalue weighted by atomic mass is 9.84. The van der Waals surface area contributed by atoms with E-state index in [-0.39, 0.29) is 5.41 Å². The SMILES string of the molecule is CCC(C)(CC)c1nc2nc(C)cc(C)n2n1. The van der Waals surface area contributed by atoms with Gasteiger partial charge < -0.3 is 0 Å². The standard InChI is InChI=1S/C13H20N4/c1-6-13(5,7-2)11-15-12-14-9(3)8-10(4)17(12)16-11/h8H,6-7H2,1-5H3. The lowest BCUT2D eigenvalue weighted by Crippen LogP contribution is -2.21. The molecule has 17 heavy (non-hydrogen) atoms. The van der Waals surface area contributed by atoms with Gasteiger partial charge in [0.15, 0.2) is 5.82 Å². The summed E-state index contributed by atoms with van der Waals surface area (Å²) in [5, 5.41) is 4.61. The number of aryl methyl sites for hydroxylation is 2. The van der Waals surface area contributed by atoms with Gasteiger partial charge in [0.25, 0.3) is 5.78 Å². The van der Waals surface area contributed by atoms with Crippen LogP contribution in [0.5, 0.6) is 0 Å². The van der Waals surface area contributed by atoms with Gasteiger partial charge in [0.05, 0.1) is 0 Å². The highest BCUT2D eigenvalue weighted by atomic mass is 15.3. The van der Waals surface area contributed by atoms with Gasteiger partial charge in [-0.1, -0.05) is 20.8 Å². The lowest BCUT2D eigenvalue weighted by molar-refractivity contribution is 0.412. The molecule has 0 unspecified atom stereocenters. The van der Waals surface area contributed by atoms with E-state index in [9.17, 15) is 0 Å². The third-order valence-electron chi connectivity index (χ3n) is 3.72. The second-order valence-corrected chi connectivity index (χ2v) is 4.95. The summed E-state index contributed by atoms with van der Waals surface area (Å²) in [6.45, 7) is 10.6. The fourth-order valence-corrected chi connectivity index (χ4v) is 1.99. The summed E-state index contributed by atoms with van der Waals surface area (Å²) >= 11 is 0. The van der Waals surface area contributed by atoms with Gasteiger partial charge in [-0.3, -0.25) is 0 Å². The Bertz CT molecular complexity index is 538. The van der Waals surface area contributed by atoms with Crippen LogP contribution in [-0.2, 0) is 5.41 Å². The number of rotatable bonds is 3. The smallest absolute Gasteiger partial charge is 0.216 e. The molecule has 0 bridgehead atoms. The molecule has 0 saturated carbocycles. The Morgan fingerprint density at radius 3 is 2.41 bits per heavy atom. The first-order valence-electron chi connectivity index (χ1n) is 6.21. The van der Waals surface area contributed by atoms with Crippen molar-refractivity contribution in [2.45, 2.75) is 52.9 Å². The molecular formula is C13H20N4. The number of fused-ring (bicyclic) bond motifs is 1. The highest BCUT2D eigenvalue weighted by Gasteiger charge is 2.27. The number of aromatic nitrogens is 4. The molecule has 0 N–H and O–H groups in total. The Labute approximate surface area is 102 Å². The number of nitrogens with zero attached hydrogens (tertiary/aromatic N) is 4. The molecule has 2 aromatic heterocycles. The van der Waals surface area contributed by atoms with Gasteiger partial charge in [-0.05, 0) is 32.8 Å². The first-order valence-corrected chi connectivity index (χ1v) is 6.21. The zero-order valence-electron chi connectivity index (χ0n) is 11.3. The number of hydrogen-bond acceptors (Lipinski definition) is 3. The van der Waals surface area contributed by atoms with Crippen molar-refractivity contribution in [3.8, 4) is 0 Å². The van der Waals surface area contributed by atoms with E-state index in [0.717, 1.165) is 30.1 Å². The van der Waals surface area contributed by atoms with Crippen LogP contribution in [-0.4, -0.2) is 19.6 Å². The molecule has 0 saturated heterocycles. The molecule has 92 valence electrons. The van der Waals surface area contributed by atoms with E-state index >= 15 is 0 Å². The molecule has 2 rings (SSSR count). The zero-order valence-corrected chi connectivity index (χ0v) is 11.3. The Morgan fingerprint density at radius 2 is 1.82 bits per heavy atom. The largest absolute Gasteiger partial charge is 0.252 e. The van der Waals surface area contributed by atoms with E-state index in [1.165, 1.54) is 0 Å². The molecule has 4 heteroatoms. The molecule has 0 fully saturated rings. The van der Waals surface area contributed by atoms with Gasteiger partial charge in [-0.2, -0.15) is 4.98 Å². The maximum Gasteiger partial charge on any atom is 0.252 e. The van der Waals surface area contributed by atoms with Gasteiger partial charge in [-0.15, -0.1) is 5.10 Å². The molecule has 0 amide bonds. The third kappa shape index (κ3) is 1.92. The van der Waals surface area contributed by atoms with Crippen LogP contribution in [0.25, 0.3) is 5.78 Å². The molecule has 0 aliphatic heterocycles. The minimum Gasteiger partial charge on any atom is -0.216 e. The topological polar surface area (TPSA) is 43.1 Å². The van der Waals surface area contributed by atoms with Crippen LogP contribution >= 0.6 is 0 Å². The Hall–Kier alpha value is -1.45. The minimum absolute atomic E-state index is 0.0496. The van der Waals surface area contributed by atoms with Crippen LogP contribution in [0.1, 0.15) is 50.8 Å². The van der Waals surface area contributed by atoms with Crippen LogP contribution in [0.4, 0.5) is 0 Å². The number of hydrogen-bond donors (Lipinski definition) is 0. The van der Waals surface area contributed by atoms with Crippen molar-refractivity contribution in [2.75, 3.05) is 0 Å². The summed E-state index contributed by atoms with van der Waals surface area (Å²) in [6, 6.07) is 2.03. The van der Waals surface area contributed by atoms with Crippen molar-refractivity contribution in [2.24, 2.45) is 0 Å². The molecular weight excluding hydrogens is 212 g/mol. The van der Waals surface area contributed by atoms with Crippen molar-refractivity contribution in [1.29, 1.82) is 0 Å². The molecule has 0 aromatic carbocycles. The maximum atomic E-state index is 4.61. The predicted molar refractivity (Wildman–Crippen MR) is 68.2 cm³/mol. The van der Waals surface area contributed by atoms with Crippen LogP contribution in [0.15, 0.2) is 6.07 Å². The summed E-state index contributed by atoms with van der Waals surface area (Å²) < 4.78 is 1.84. The zero-order chi connectivity index (χ0) is 12.6. The Kier molecular flexibility index (Phi) is 2.89. The molecule has 4 nitrogen and oxygen atoms in total. The predicted octanol–water partition coefficient (Wildman–Crippen LogP) is 2.82. The minimum atomic E-state index is 0.0496. The normalized spacial score (nSPS) is 12.3. The third-order valence-corrected chi connectivity index (χ3v) is 3.72. The summed E-state index contributed by atoms with van der Waals surface area (Å²) in [5.41, 5.74) is 2.12. The molecule has 0 aliphatic rings. The Morgan fingerprint density at radius 1 is 1.18 bits per heavy atom. The van der Waals surface area contributed by atoms with E-state index in [0.29, 0.717) is 5.78 Å². The monoisotopic (exact) mass is 232 g/mol. The van der Waals surface area contributed by atoms with E-state index in [2.05, 4.69) is 35.8 Å². The highest BCUT2D eigenvalue weighted by Crippen LogP contribution is 2.28. The summed E-state index contributed by atoms with van der Waals surface area (Å²) in [4.78, 5) is 9.02. The van der Waals surface area contributed by atoms with E-state index in [4.69, 9.17) is 0 Å². The molecule has 0 atom stereocenters. The summed E-state index contributed by atoms with van der Waals surface area (Å²) in [7, 11) is 0. The van der Waals surface area contributed by atoms with Crippen LogP contribution in [0, 0.1) is 13.8 Å². The first kappa shape index (κ1) is 12.0. The van der Waals surface area contributed by atoms with Gasteiger partial charge >= 0.3 is 0 Å². The fraction of sp³-hybridized carbons (Fsp3) is 0.615. The summed E-state index contributed by atoms with van der Waals surface area (Å²) in [5.74, 6) is 1.62. The van der Waals surface area contributed by atoms with Gasteiger partial charge in [0, 0.05) is 16.8 Å². The highest BCUT2D eigenvalue weighted by molar-refractivity contribution is 5.32. The second-order valence-electron chi connectivity index (χ2n) is 4.95. The van der Waals surface area contributed by atoms with Gasteiger partial charge in [-0.25, -0.2) is 9.50 Å². The van der Waals surface area contributed by atoms with Crippen molar-refractivity contribution < 1.29 is 0 Å². The fourth-order valence-electron chi connectivity index (χ4n) is 1.99. The van der Waals surface area contributed by atoms with Crippen molar-refractivity contribution in [3.05, 3.63) is 23.3 Å². The maximum absolute atomic E-state index is 4.61. The lowest BCUT2D eigenvalue weighted by Gasteiger charge is -2.22. The molecule has 0 radical (unpaired) electrons. The second kappa shape index (κ2) is 4.09. The first-order chi connectivity index (χ1) is 8.00. The van der Waals surface area contributed by atoms with Crippen LogP contribution in [0.3, 0.4) is 0 Å². The van der Waals surface area contributed by atoms with Crippen molar-refractivity contribution >= 4 is 5.78 Å². The van der Waals surface area contributed by atoms with Crippen LogP contribution < -0.4 is 0 Å². The molecule has 2 heterocycles. The molecule has 2 aromatic rings. The van der Waals surface area contributed by atoms with E-state index in [1.807, 2.05) is 24.4 Å². The van der Waals surface area contributed by atoms with Crippen LogP contribution in [0.2, 0.25) is 0 Å².